The fourth-order valence-electron chi connectivity index (χ4n) is 3.46. The van der Waals surface area contributed by atoms with Crippen LogP contribution in [0.3, 0.4) is 0 Å². The van der Waals surface area contributed by atoms with E-state index in [1.165, 1.54) is 77.5 Å². The zero-order valence-corrected chi connectivity index (χ0v) is 11.6. The largest absolute Gasteiger partial charge is 0.312 e. The molecule has 2 heteroatoms. The summed E-state index contributed by atoms with van der Waals surface area (Å²) >= 11 is 0. The molecule has 2 rings (SSSR count). The summed E-state index contributed by atoms with van der Waals surface area (Å²) in [5.41, 5.74) is 0. The number of unbranched alkanes of at least 4 members (excludes halogenated alkanes) is 1. The number of rotatable bonds is 4. The first-order valence-electron chi connectivity index (χ1n) is 7.86. The van der Waals surface area contributed by atoms with Crippen LogP contribution in [0.1, 0.15) is 58.3 Å². The molecule has 2 nitrogen and oxygen atoms in total. The zero-order valence-electron chi connectivity index (χ0n) is 11.6. The molecule has 1 aliphatic carbocycles. The Labute approximate surface area is 107 Å². The zero-order chi connectivity index (χ0) is 11.9. The number of hydrogen-bond donors (Lipinski definition) is 1. The van der Waals surface area contributed by atoms with E-state index in [0.717, 1.165) is 12.0 Å². The van der Waals surface area contributed by atoms with Gasteiger partial charge in [-0.15, -0.1) is 0 Å². The third kappa shape index (κ3) is 4.26. The van der Waals surface area contributed by atoms with Crippen molar-refractivity contribution >= 4 is 0 Å². The van der Waals surface area contributed by atoms with Gasteiger partial charge in [-0.25, -0.2) is 0 Å². The van der Waals surface area contributed by atoms with Gasteiger partial charge in [-0.05, 0) is 51.2 Å². The summed E-state index contributed by atoms with van der Waals surface area (Å²) in [4.78, 5) is 2.71. The second-order valence-electron chi connectivity index (χ2n) is 5.97. The summed E-state index contributed by atoms with van der Waals surface area (Å²) in [7, 11) is 0. The predicted molar refractivity (Wildman–Crippen MR) is 74.3 cm³/mol. The van der Waals surface area contributed by atoms with Crippen LogP contribution in [0.2, 0.25) is 0 Å². The van der Waals surface area contributed by atoms with Gasteiger partial charge in [-0.3, -0.25) is 0 Å². The van der Waals surface area contributed by atoms with Crippen molar-refractivity contribution in [1.82, 2.24) is 10.2 Å². The van der Waals surface area contributed by atoms with E-state index < -0.39 is 0 Å². The van der Waals surface area contributed by atoms with E-state index >= 15 is 0 Å². The minimum absolute atomic E-state index is 0.787. The first-order valence-corrected chi connectivity index (χ1v) is 7.86. The summed E-state index contributed by atoms with van der Waals surface area (Å²) in [6, 6.07) is 0.787. The highest BCUT2D eigenvalue weighted by Crippen LogP contribution is 2.27. The maximum atomic E-state index is 3.82. The van der Waals surface area contributed by atoms with Gasteiger partial charge in [0.1, 0.15) is 0 Å². The lowest BCUT2D eigenvalue weighted by atomic mass is 9.83. The molecule has 1 unspecified atom stereocenters. The van der Waals surface area contributed by atoms with Crippen LogP contribution in [-0.4, -0.2) is 37.1 Å². The van der Waals surface area contributed by atoms with Crippen LogP contribution in [-0.2, 0) is 0 Å². The molecule has 2 aliphatic rings. The van der Waals surface area contributed by atoms with Gasteiger partial charge >= 0.3 is 0 Å². The van der Waals surface area contributed by atoms with Crippen molar-refractivity contribution in [2.45, 2.75) is 64.3 Å². The molecule has 1 saturated heterocycles. The monoisotopic (exact) mass is 238 g/mol. The molecule has 0 radical (unpaired) electrons. The summed E-state index contributed by atoms with van der Waals surface area (Å²) in [5, 5.41) is 3.82. The maximum absolute atomic E-state index is 3.82. The van der Waals surface area contributed by atoms with Gasteiger partial charge in [0.2, 0.25) is 0 Å². The molecule has 0 aromatic heterocycles. The molecule has 1 saturated carbocycles. The molecule has 2 fully saturated rings. The average Bonchev–Trinajstić information content (AvgIpc) is 2.63. The molecule has 1 atom stereocenters. The van der Waals surface area contributed by atoms with Crippen molar-refractivity contribution in [2.24, 2.45) is 5.92 Å². The Morgan fingerprint density at radius 3 is 2.71 bits per heavy atom. The van der Waals surface area contributed by atoms with E-state index in [-0.39, 0.29) is 0 Å². The highest BCUT2D eigenvalue weighted by atomic mass is 15.2. The Hall–Kier alpha value is -0.0800. The number of nitrogens with zero attached hydrogens (tertiary/aromatic N) is 1. The van der Waals surface area contributed by atoms with E-state index in [4.69, 9.17) is 0 Å². The Kier molecular flexibility index (Phi) is 5.79. The summed E-state index contributed by atoms with van der Waals surface area (Å²) < 4.78 is 0. The van der Waals surface area contributed by atoms with Crippen molar-refractivity contribution in [3.05, 3.63) is 0 Å². The average molecular weight is 238 g/mol. The summed E-state index contributed by atoms with van der Waals surface area (Å²) in [5.74, 6) is 0.964. The van der Waals surface area contributed by atoms with Gasteiger partial charge in [0, 0.05) is 12.6 Å². The topological polar surface area (TPSA) is 15.3 Å². The molecular weight excluding hydrogens is 208 g/mol. The van der Waals surface area contributed by atoms with Gasteiger partial charge in [0.05, 0.1) is 0 Å². The van der Waals surface area contributed by atoms with E-state index in [1.807, 2.05) is 0 Å². The molecule has 0 amide bonds. The third-order valence-corrected chi connectivity index (χ3v) is 4.56. The molecule has 1 N–H and O–H groups in total. The summed E-state index contributed by atoms with van der Waals surface area (Å²) in [6.07, 6.45) is 11.4. The Morgan fingerprint density at radius 2 is 1.94 bits per heavy atom. The molecule has 0 aromatic rings. The van der Waals surface area contributed by atoms with Crippen LogP contribution >= 0.6 is 0 Å². The number of nitrogens with one attached hydrogen (secondary N) is 1. The molecule has 0 bridgehead atoms. The molecule has 0 spiro atoms. The second kappa shape index (κ2) is 7.38. The predicted octanol–water partition coefficient (Wildman–Crippen LogP) is 3.03. The van der Waals surface area contributed by atoms with Crippen molar-refractivity contribution < 1.29 is 0 Å². The third-order valence-electron chi connectivity index (χ3n) is 4.56. The van der Waals surface area contributed by atoms with Crippen LogP contribution in [0.15, 0.2) is 0 Å². The van der Waals surface area contributed by atoms with Crippen molar-refractivity contribution in [3.63, 3.8) is 0 Å². The maximum Gasteiger partial charge on any atom is 0.0223 e. The molecule has 1 aliphatic heterocycles. The molecule has 1 heterocycles. The molecule has 17 heavy (non-hydrogen) atoms. The Morgan fingerprint density at radius 1 is 1.12 bits per heavy atom. The van der Waals surface area contributed by atoms with Gasteiger partial charge in [0.25, 0.3) is 0 Å². The first-order chi connectivity index (χ1) is 8.40. The van der Waals surface area contributed by atoms with Crippen LogP contribution in [0.25, 0.3) is 0 Å². The van der Waals surface area contributed by atoms with Crippen LogP contribution in [0.4, 0.5) is 0 Å². The second-order valence-corrected chi connectivity index (χ2v) is 5.97. The molecule has 100 valence electrons. The Balaban J connectivity index is 1.82. The van der Waals surface area contributed by atoms with Gasteiger partial charge in [-0.1, -0.05) is 32.6 Å². The van der Waals surface area contributed by atoms with Gasteiger partial charge < -0.3 is 10.2 Å². The highest BCUT2D eigenvalue weighted by molar-refractivity contribution is 4.84. The fraction of sp³-hybridized carbons (Fsp3) is 1.00. The number of hydrogen-bond acceptors (Lipinski definition) is 2. The molecular formula is C15H30N2. The standard InChI is InChI=1S/C15H30N2/c1-2-3-11-17-12-7-10-16-15(13-17)14-8-5-4-6-9-14/h14-16H,2-13H2,1H3. The SMILES string of the molecule is CCCCN1CCCNC(C2CCCCC2)C1. The minimum Gasteiger partial charge on any atom is -0.312 e. The summed E-state index contributed by atoms with van der Waals surface area (Å²) in [6.45, 7) is 7.49. The fourth-order valence-corrected chi connectivity index (χ4v) is 3.46. The van der Waals surface area contributed by atoms with Crippen LogP contribution < -0.4 is 5.32 Å². The lowest BCUT2D eigenvalue weighted by Crippen LogP contribution is -2.43. The first kappa shape index (κ1) is 13.4. The highest BCUT2D eigenvalue weighted by Gasteiger charge is 2.26. The van der Waals surface area contributed by atoms with Crippen molar-refractivity contribution in [3.8, 4) is 0 Å². The van der Waals surface area contributed by atoms with Gasteiger partial charge in [0.15, 0.2) is 0 Å². The van der Waals surface area contributed by atoms with Crippen LogP contribution in [0.5, 0.6) is 0 Å². The van der Waals surface area contributed by atoms with Gasteiger partial charge in [-0.2, -0.15) is 0 Å². The van der Waals surface area contributed by atoms with Crippen molar-refractivity contribution in [2.75, 3.05) is 26.2 Å². The molecule has 0 aromatic carbocycles. The van der Waals surface area contributed by atoms with Crippen LogP contribution in [0, 0.1) is 5.92 Å². The quantitative estimate of drug-likeness (QED) is 0.810. The smallest absolute Gasteiger partial charge is 0.0223 e. The Bertz CT molecular complexity index is 199. The minimum atomic E-state index is 0.787. The lowest BCUT2D eigenvalue weighted by molar-refractivity contribution is 0.204. The van der Waals surface area contributed by atoms with E-state index in [9.17, 15) is 0 Å². The van der Waals surface area contributed by atoms with Crippen molar-refractivity contribution in [1.29, 1.82) is 0 Å². The van der Waals surface area contributed by atoms with E-state index in [1.54, 1.807) is 0 Å². The van der Waals surface area contributed by atoms with E-state index in [0.29, 0.717) is 0 Å². The normalized spacial score (nSPS) is 29.1. The lowest BCUT2D eigenvalue weighted by Gasteiger charge is -2.32. The van der Waals surface area contributed by atoms with E-state index in [2.05, 4.69) is 17.1 Å².